The third-order valence-corrected chi connectivity index (χ3v) is 1.38. The first-order valence-corrected chi connectivity index (χ1v) is 3.09. The second-order valence-electron chi connectivity index (χ2n) is 2.20. The number of rotatable bonds is 1. The van der Waals surface area contributed by atoms with Gasteiger partial charge in [0.1, 0.15) is 5.84 Å². The molecule has 0 bridgehead atoms. The summed E-state index contributed by atoms with van der Waals surface area (Å²) in [5.74, 6) is -0.0654. The highest BCUT2D eigenvalue weighted by atomic mass is 14.9. The Bertz CT molecular complexity index is 272. The molecule has 0 spiro atoms. The molecular weight excluding hydrogens is 140 g/mol. The van der Waals surface area contributed by atoms with Gasteiger partial charge >= 0.3 is 0 Å². The van der Waals surface area contributed by atoms with Gasteiger partial charge in [-0.3, -0.25) is 5.41 Å². The van der Waals surface area contributed by atoms with Crippen molar-refractivity contribution in [2.75, 3.05) is 0 Å². The van der Waals surface area contributed by atoms with Crippen molar-refractivity contribution in [2.24, 2.45) is 11.5 Å². The highest BCUT2D eigenvalue weighted by Crippen LogP contribution is 2.11. The minimum absolute atomic E-state index is 0.0654. The summed E-state index contributed by atoms with van der Waals surface area (Å²) in [5, 5.41) is 9.96. The second-order valence-corrected chi connectivity index (χ2v) is 2.20. The van der Waals surface area contributed by atoms with Gasteiger partial charge in [0, 0.05) is 17.6 Å². The van der Waals surface area contributed by atoms with Gasteiger partial charge in [-0.25, -0.2) is 0 Å². The lowest BCUT2D eigenvalue weighted by atomic mass is 10.1. The second kappa shape index (κ2) is 2.49. The van der Waals surface area contributed by atoms with Crippen molar-refractivity contribution in [3.8, 4) is 0 Å². The van der Waals surface area contributed by atoms with Crippen LogP contribution in [0.5, 0.6) is 0 Å². The lowest BCUT2D eigenvalue weighted by molar-refractivity contribution is 1.05. The Morgan fingerprint density at radius 3 is 2.64 bits per heavy atom. The Hall–Kier alpha value is -1.71. The van der Waals surface area contributed by atoms with Crippen LogP contribution in [-0.2, 0) is 0 Å². The fraction of sp³-hybridized carbons (Fsp3) is 0. The first-order chi connectivity index (χ1) is 5.13. The van der Waals surface area contributed by atoms with Crippen LogP contribution in [0.1, 0.15) is 0 Å². The fourth-order valence-corrected chi connectivity index (χ4v) is 0.880. The zero-order chi connectivity index (χ0) is 8.43. The van der Waals surface area contributed by atoms with Crippen molar-refractivity contribution in [3.05, 3.63) is 35.8 Å². The maximum absolute atomic E-state index is 7.15. The number of hydrogen-bond donors (Lipinski definition) is 4. The van der Waals surface area contributed by atoms with Crippen LogP contribution >= 0.6 is 0 Å². The molecule has 1 rings (SSSR count). The van der Waals surface area contributed by atoms with Crippen LogP contribution in [0.3, 0.4) is 0 Å². The van der Waals surface area contributed by atoms with Crippen molar-refractivity contribution < 1.29 is 0 Å². The maximum atomic E-state index is 7.15. The molecule has 0 unspecified atom stereocenters. The Labute approximate surface area is 64.8 Å². The zero-order valence-electron chi connectivity index (χ0n) is 6.02. The molecule has 4 nitrogen and oxygen atoms in total. The molecule has 0 aromatic rings. The van der Waals surface area contributed by atoms with E-state index in [0.29, 0.717) is 17.0 Å². The lowest BCUT2D eigenvalue weighted by Crippen LogP contribution is -2.25. The van der Waals surface area contributed by atoms with Gasteiger partial charge in [-0.1, -0.05) is 6.58 Å². The summed E-state index contributed by atoms with van der Waals surface area (Å²) in [6.45, 7) is 3.65. The Morgan fingerprint density at radius 1 is 1.64 bits per heavy atom. The molecule has 58 valence electrons. The Morgan fingerprint density at radius 2 is 2.27 bits per heavy atom. The van der Waals surface area contributed by atoms with Crippen LogP contribution in [-0.4, -0.2) is 5.84 Å². The molecule has 0 amide bonds. The summed E-state index contributed by atoms with van der Waals surface area (Å²) in [7, 11) is 0. The summed E-state index contributed by atoms with van der Waals surface area (Å²) in [4.78, 5) is 0. The van der Waals surface area contributed by atoms with Gasteiger partial charge in [0.05, 0.1) is 5.57 Å². The zero-order valence-corrected chi connectivity index (χ0v) is 6.02. The molecule has 0 atom stereocenters. The highest BCUT2D eigenvalue weighted by molar-refractivity contribution is 5.99. The van der Waals surface area contributed by atoms with Crippen molar-refractivity contribution in [3.63, 3.8) is 0 Å². The minimum atomic E-state index is -0.0654. The maximum Gasteiger partial charge on any atom is 0.126 e. The highest BCUT2D eigenvalue weighted by Gasteiger charge is 2.11. The third-order valence-electron chi connectivity index (χ3n) is 1.38. The van der Waals surface area contributed by atoms with Crippen molar-refractivity contribution >= 4 is 5.84 Å². The van der Waals surface area contributed by atoms with Gasteiger partial charge in [0.15, 0.2) is 0 Å². The Kier molecular flexibility index (Phi) is 1.68. The average molecular weight is 150 g/mol. The molecule has 11 heavy (non-hydrogen) atoms. The predicted molar refractivity (Wildman–Crippen MR) is 44.5 cm³/mol. The van der Waals surface area contributed by atoms with E-state index in [0.717, 1.165) is 0 Å². The Balaban J connectivity index is 3.11. The first-order valence-electron chi connectivity index (χ1n) is 3.09. The van der Waals surface area contributed by atoms with E-state index in [1.165, 1.54) is 0 Å². The molecule has 6 N–H and O–H groups in total. The predicted octanol–water partition coefficient (Wildman–Crippen LogP) is -0.234. The monoisotopic (exact) mass is 150 g/mol. The molecule has 1 heterocycles. The molecule has 1 aliphatic rings. The van der Waals surface area contributed by atoms with Gasteiger partial charge < -0.3 is 16.8 Å². The van der Waals surface area contributed by atoms with Crippen molar-refractivity contribution in [1.29, 1.82) is 5.41 Å². The number of dihydropyridines is 1. The minimum Gasteiger partial charge on any atom is -0.398 e. The molecule has 0 fully saturated rings. The summed E-state index contributed by atoms with van der Waals surface area (Å²) < 4.78 is 0. The van der Waals surface area contributed by atoms with E-state index in [1.54, 1.807) is 12.3 Å². The van der Waals surface area contributed by atoms with E-state index >= 15 is 0 Å². The molecule has 0 saturated carbocycles. The summed E-state index contributed by atoms with van der Waals surface area (Å²) in [6.07, 6.45) is 3.30. The van der Waals surface area contributed by atoms with E-state index < -0.39 is 0 Å². The van der Waals surface area contributed by atoms with E-state index in [4.69, 9.17) is 16.9 Å². The van der Waals surface area contributed by atoms with E-state index in [9.17, 15) is 0 Å². The number of nitrogens with two attached hydrogens (primary N) is 2. The van der Waals surface area contributed by atoms with Crippen LogP contribution in [0.2, 0.25) is 0 Å². The number of allylic oxidation sites excluding steroid dienone is 1. The number of amidine groups is 1. The third kappa shape index (κ3) is 1.24. The summed E-state index contributed by atoms with van der Waals surface area (Å²) >= 11 is 0. The van der Waals surface area contributed by atoms with E-state index in [1.807, 2.05) is 0 Å². The topological polar surface area (TPSA) is 87.9 Å². The van der Waals surface area contributed by atoms with Crippen LogP contribution in [0.25, 0.3) is 0 Å². The molecule has 0 aromatic heterocycles. The summed E-state index contributed by atoms with van der Waals surface area (Å²) in [5.41, 5.74) is 12.3. The average Bonchev–Trinajstić information content (AvgIpc) is 1.85. The standard InChI is InChI=1S/C7H10N4/c1-4-6(7(9)10)5(8)2-3-11-4/h2-3,11H,1,8H2,(H3,9,10). The van der Waals surface area contributed by atoms with E-state index in [2.05, 4.69) is 11.9 Å². The number of hydrogen-bond acceptors (Lipinski definition) is 3. The van der Waals surface area contributed by atoms with Crippen LogP contribution < -0.4 is 16.8 Å². The van der Waals surface area contributed by atoms with Crippen LogP contribution in [0.15, 0.2) is 35.8 Å². The summed E-state index contributed by atoms with van der Waals surface area (Å²) in [6, 6.07) is 0. The van der Waals surface area contributed by atoms with Crippen molar-refractivity contribution in [1.82, 2.24) is 5.32 Å². The molecule has 1 aliphatic heterocycles. The van der Waals surface area contributed by atoms with Gasteiger partial charge in [-0.2, -0.15) is 0 Å². The lowest BCUT2D eigenvalue weighted by Gasteiger charge is -2.15. The van der Waals surface area contributed by atoms with Gasteiger partial charge in [-0.05, 0) is 6.08 Å². The van der Waals surface area contributed by atoms with Gasteiger partial charge in [0.2, 0.25) is 0 Å². The fourth-order valence-electron chi connectivity index (χ4n) is 0.880. The molecule has 0 aliphatic carbocycles. The molecular formula is C7H10N4. The van der Waals surface area contributed by atoms with Gasteiger partial charge in [0.25, 0.3) is 0 Å². The normalized spacial score (nSPS) is 16.5. The van der Waals surface area contributed by atoms with E-state index in [-0.39, 0.29) is 5.84 Å². The molecule has 0 aromatic carbocycles. The largest absolute Gasteiger partial charge is 0.398 e. The van der Waals surface area contributed by atoms with Crippen LogP contribution in [0.4, 0.5) is 0 Å². The molecule has 0 saturated heterocycles. The molecule has 4 heteroatoms. The SMILES string of the molecule is C=C1NC=CC(N)=C1C(=N)N. The van der Waals surface area contributed by atoms with Gasteiger partial charge in [-0.15, -0.1) is 0 Å². The quantitative estimate of drug-likeness (QED) is 0.307. The number of nitrogens with one attached hydrogen (secondary N) is 2. The molecule has 0 radical (unpaired) electrons. The van der Waals surface area contributed by atoms with Crippen molar-refractivity contribution in [2.45, 2.75) is 0 Å². The first kappa shape index (κ1) is 7.40. The van der Waals surface area contributed by atoms with Crippen LogP contribution in [0, 0.1) is 5.41 Å². The smallest absolute Gasteiger partial charge is 0.126 e.